The topological polar surface area (TPSA) is 51.8 Å². The highest BCUT2D eigenvalue weighted by molar-refractivity contribution is 7.15. The van der Waals surface area contributed by atoms with Gasteiger partial charge in [-0.15, -0.1) is 11.3 Å². The molecule has 1 unspecified atom stereocenters. The molecule has 0 fully saturated rings. The van der Waals surface area contributed by atoms with Gasteiger partial charge >= 0.3 is 0 Å². The summed E-state index contributed by atoms with van der Waals surface area (Å²) in [6.45, 7) is 0. The molecule has 1 aliphatic rings. The van der Waals surface area contributed by atoms with E-state index in [1.165, 1.54) is 10.4 Å². The van der Waals surface area contributed by atoms with Crippen molar-refractivity contribution in [1.29, 1.82) is 0 Å². The Labute approximate surface area is 131 Å². The Bertz CT molecular complexity index is 828. The van der Waals surface area contributed by atoms with Crippen molar-refractivity contribution < 1.29 is 0 Å². The molecular formula is C16H14ClN3S. The van der Waals surface area contributed by atoms with E-state index in [2.05, 4.69) is 16.0 Å². The van der Waals surface area contributed by atoms with E-state index in [4.69, 9.17) is 17.3 Å². The van der Waals surface area contributed by atoms with Gasteiger partial charge in [0, 0.05) is 27.4 Å². The minimum absolute atomic E-state index is 0.332. The molecule has 1 aliphatic carbocycles. The van der Waals surface area contributed by atoms with Crippen LogP contribution in [0.25, 0.3) is 10.9 Å². The van der Waals surface area contributed by atoms with Crippen LogP contribution in [0.3, 0.4) is 0 Å². The Morgan fingerprint density at radius 3 is 3.10 bits per heavy atom. The van der Waals surface area contributed by atoms with Gasteiger partial charge in [0.05, 0.1) is 11.2 Å². The fourth-order valence-corrected chi connectivity index (χ4v) is 4.43. The van der Waals surface area contributed by atoms with Crippen LogP contribution >= 0.6 is 22.9 Å². The van der Waals surface area contributed by atoms with E-state index >= 15 is 0 Å². The monoisotopic (exact) mass is 315 g/mol. The predicted octanol–water partition coefficient (Wildman–Crippen LogP) is 4.40. The van der Waals surface area contributed by atoms with Crippen LogP contribution in [0, 0.1) is 0 Å². The van der Waals surface area contributed by atoms with Crippen LogP contribution < -0.4 is 5.73 Å². The predicted molar refractivity (Wildman–Crippen MR) is 88.1 cm³/mol. The number of rotatable bonds is 1. The molecule has 0 spiro atoms. The molecule has 1 atom stereocenters. The maximum absolute atomic E-state index is 6.30. The van der Waals surface area contributed by atoms with Gasteiger partial charge in [0.1, 0.15) is 0 Å². The van der Waals surface area contributed by atoms with Crippen LogP contribution in [0.15, 0.2) is 30.5 Å². The molecule has 0 aliphatic heterocycles. The average molecular weight is 316 g/mol. The van der Waals surface area contributed by atoms with E-state index in [1.807, 2.05) is 24.4 Å². The minimum atomic E-state index is 0.332. The molecule has 1 aromatic carbocycles. The van der Waals surface area contributed by atoms with Gasteiger partial charge in [-0.2, -0.15) is 0 Å². The van der Waals surface area contributed by atoms with E-state index in [1.54, 1.807) is 11.3 Å². The second-order valence-electron chi connectivity index (χ2n) is 5.34. The number of nitrogens with zero attached hydrogens (tertiary/aromatic N) is 2. The molecule has 0 amide bonds. The van der Waals surface area contributed by atoms with Crippen LogP contribution in [-0.4, -0.2) is 9.97 Å². The molecule has 0 radical (unpaired) electrons. The van der Waals surface area contributed by atoms with Crippen molar-refractivity contribution in [3.05, 3.63) is 51.6 Å². The molecule has 2 N–H and O–H groups in total. The van der Waals surface area contributed by atoms with Crippen LogP contribution in [0.2, 0.25) is 5.02 Å². The van der Waals surface area contributed by atoms with Crippen molar-refractivity contribution >= 4 is 39.0 Å². The highest BCUT2D eigenvalue weighted by Crippen LogP contribution is 2.43. The van der Waals surface area contributed by atoms with Crippen LogP contribution in [0.5, 0.6) is 0 Å². The maximum atomic E-state index is 6.30. The fraction of sp³-hybridized carbons (Fsp3) is 0.250. The molecule has 2 heterocycles. The number of pyridine rings is 1. The average Bonchev–Trinajstić information content (AvgIpc) is 2.88. The van der Waals surface area contributed by atoms with Gasteiger partial charge in [0.25, 0.3) is 0 Å². The van der Waals surface area contributed by atoms with Gasteiger partial charge < -0.3 is 5.73 Å². The van der Waals surface area contributed by atoms with Crippen molar-refractivity contribution in [2.45, 2.75) is 25.2 Å². The molecule has 3 nitrogen and oxygen atoms in total. The Kier molecular flexibility index (Phi) is 3.08. The van der Waals surface area contributed by atoms with Gasteiger partial charge in [-0.1, -0.05) is 17.7 Å². The van der Waals surface area contributed by atoms with Crippen LogP contribution in [0.1, 0.15) is 34.9 Å². The summed E-state index contributed by atoms with van der Waals surface area (Å²) in [5.74, 6) is 0.332. The summed E-state index contributed by atoms with van der Waals surface area (Å²) in [7, 11) is 0. The molecule has 0 bridgehead atoms. The number of hydrogen-bond acceptors (Lipinski definition) is 4. The first-order valence-electron chi connectivity index (χ1n) is 7.02. The zero-order chi connectivity index (χ0) is 14.4. The quantitative estimate of drug-likeness (QED) is 0.724. The summed E-state index contributed by atoms with van der Waals surface area (Å²) in [5.41, 5.74) is 9.30. The SMILES string of the molecule is Nc1nc2c(s1)C(c1ccc(Cl)c3cccnc13)CCC2. The number of fused-ring (bicyclic) bond motifs is 2. The minimum Gasteiger partial charge on any atom is -0.375 e. The number of thiazole rings is 1. The highest BCUT2D eigenvalue weighted by atomic mass is 35.5. The lowest BCUT2D eigenvalue weighted by molar-refractivity contribution is 0.619. The molecule has 21 heavy (non-hydrogen) atoms. The fourth-order valence-electron chi connectivity index (χ4n) is 3.18. The van der Waals surface area contributed by atoms with Gasteiger partial charge in [-0.05, 0) is 43.0 Å². The van der Waals surface area contributed by atoms with Crippen LogP contribution in [0.4, 0.5) is 5.13 Å². The summed E-state index contributed by atoms with van der Waals surface area (Å²) in [4.78, 5) is 10.3. The van der Waals surface area contributed by atoms with Crippen molar-refractivity contribution in [2.24, 2.45) is 0 Å². The number of aryl methyl sites for hydroxylation is 1. The Hall–Kier alpha value is -1.65. The Morgan fingerprint density at radius 1 is 1.29 bits per heavy atom. The second kappa shape index (κ2) is 4.97. The summed E-state index contributed by atoms with van der Waals surface area (Å²) in [6.07, 6.45) is 5.10. The van der Waals surface area contributed by atoms with Crippen molar-refractivity contribution in [3.8, 4) is 0 Å². The number of aromatic nitrogens is 2. The van der Waals surface area contributed by atoms with Gasteiger partial charge in [-0.25, -0.2) is 4.98 Å². The molecule has 0 saturated heterocycles. The Balaban J connectivity index is 1.94. The molecule has 5 heteroatoms. The third-order valence-corrected chi connectivity index (χ3v) is 5.46. The van der Waals surface area contributed by atoms with E-state index in [0.29, 0.717) is 11.0 Å². The Morgan fingerprint density at radius 2 is 2.19 bits per heavy atom. The number of halogens is 1. The lowest BCUT2D eigenvalue weighted by Crippen LogP contribution is -2.10. The molecular weight excluding hydrogens is 302 g/mol. The maximum Gasteiger partial charge on any atom is 0.180 e. The van der Waals surface area contributed by atoms with Crippen molar-refractivity contribution in [3.63, 3.8) is 0 Å². The molecule has 2 aromatic heterocycles. The highest BCUT2D eigenvalue weighted by Gasteiger charge is 2.27. The molecule has 106 valence electrons. The summed E-state index contributed by atoms with van der Waals surface area (Å²) >= 11 is 7.91. The van der Waals surface area contributed by atoms with E-state index in [-0.39, 0.29) is 0 Å². The van der Waals surface area contributed by atoms with E-state index in [0.717, 1.165) is 40.9 Å². The number of benzene rings is 1. The molecule has 3 aromatic rings. The number of nitrogens with two attached hydrogens (primary N) is 1. The lowest BCUT2D eigenvalue weighted by atomic mass is 9.85. The standard InChI is InChI=1S/C16H14ClN3S/c17-12-7-6-9(14-11(12)4-2-8-19-14)10-3-1-5-13-15(10)21-16(18)20-13/h2,4,6-8,10H,1,3,5H2,(H2,18,20). The largest absolute Gasteiger partial charge is 0.375 e. The number of nitrogen functional groups attached to an aromatic ring is 1. The third-order valence-electron chi connectivity index (χ3n) is 4.09. The van der Waals surface area contributed by atoms with Crippen molar-refractivity contribution in [2.75, 3.05) is 5.73 Å². The zero-order valence-corrected chi connectivity index (χ0v) is 12.9. The molecule has 0 saturated carbocycles. The molecule has 4 rings (SSSR count). The van der Waals surface area contributed by atoms with Crippen LogP contribution in [-0.2, 0) is 6.42 Å². The third kappa shape index (κ3) is 2.10. The normalized spacial score (nSPS) is 17.9. The second-order valence-corrected chi connectivity index (χ2v) is 6.81. The van der Waals surface area contributed by atoms with Gasteiger partial charge in [-0.3, -0.25) is 4.98 Å². The van der Waals surface area contributed by atoms with E-state index < -0.39 is 0 Å². The van der Waals surface area contributed by atoms with Gasteiger partial charge in [0.15, 0.2) is 5.13 Å². The summed E-state index contributed by atoms with van der Waals surface area (Å²) in [5, 5.41) is 2.43. The first-order chi connectivity index (χ1) is 10.2. The van der Waals surface area contributed by atoms with Gasteiger partial charge in [0.2, 0.25) is 0 Å². The lowest BCUT2D eigenvalue weighted by Gasteiger charge is -2.22. The summed E-state index contributed by atoms with van der Waals surface area (Å²) in [6, 6.07) is 8.03. The van der Waals surface area contributed by atoms with Crippen molar-refractivity contribution in [1.82, 2.24) is 9.97 Å². The number of hydrogen-bond donors (Lipinski definition) is 1. The smallest absolute Gasteiger partial charge is 0.180 e. The number of anilines is 1. The zero-order valence-electron chi connectivity index (χ0n) is 11.3. The first-order valence-corrected chi connectivity index (χ1v) is 8.21. The van der Waals surface area contributed by atoms with E-state index in [9.17, 15) is 0 Å². The summed E-state index contributed by atoms with van der Waals surface area (Å²) < 4.78 is 0. The first kappa shape index (κ1) is 13.0.